The number of carbonyl (C=O) groups is 1. The van der Waals surface area contributed by atoms with Gasteiger partial charge in [-0.3, -0.25) is 4.79 Å². The highest BCUT2D eigenvalue weighted by atomic mass is 35.5. The van der Waals surface area contributed by atoms with Gasteiger partial charge < -0.3 is 5.32 Å². The highest BCUT2D eigenvalue weighted by Gasteiger charge is 2.15. The SMILES string of the molecule is Cc1ccc(-n2nnnc2SCC(=O)N[C@H](C)c2ccccc2Cl)cc1. The average Bonchev–Trinajstić information content (AvgIpc) is 3.09. The van der Waals surface area contributed by atoms with Gasteiger partial charge in [0.15, 0.2) is 0 Å². The first kappa shape index (κ1) is 18.4. The number of thioether (sulfide) groups is 1. The lowest BCUT2D eigenvalue weighted by atomic mass is 10.1. The maximum absolute atomic E-state index is 12.3. The number of aromatic nitrogens is 4. The van der Waals surface area contributed by atoms with Crippen molar-refractivity contribution in [1.29, 1.82) is 0 Å². The molecule has 1 N–H and O–H groups in total. The van der Waals surface area contributed by atoms with Crippen LogP contribution in [0.4, 0.5) is 0 Å². The van der Waals surface area contributed by atoms with Gasteiger partial charge in [-0.05, 0) is 48.0 Å². The molecular formula is C18H18ClN5OS. The molecule has 1 atom stereocenters. The van der Waals surface area contributed by atoms with Crippen molar-refractivity contribution in [2.24, 2.45) is 0 Å². The molecule has 26 heavy (non-hydrogen) atoms. The van der Waals surface area contributed by atoms with E-state index in [1.807, 2.05) is 62.4 Å². The number of benzene rings is 2. The molecule has 0 aliphatic heterocycles. The second kappa shape index (κ2) is 8.33. The summed E-state index contributed by atoms with van der Waals surface area (Å²) in [7, 11) is 0. The quantitative estimate of drug-likeness (QED) is 0.654. The van der Waals surface area contributed by atoms with E-state index in [0.29, 0.717) is 10.2 Å². The van der Waals surface area contributed by atoms with Gasteiger partial charge in [-0.2, -0.15) is 4.68 Å². The Hall–Kier alpha value is -2.38. The Balaban J connectivity index is 1.61. The van der Waals surface area contributed by atoms with Gasteiger partial charge in [0, 0.05) is 5.02 Å². The Labute approximate surface area is 160 Å². The summed E-state index contributed by atoms with van der Waals surface area (Å²) in [5, 5.41) is 15.9. The van der Waals surface area contributed by atoms with E-state index < -0.39 is 0 Å². The summed E-state index contributed by atoms with van der Waals surface area (Å²) in [5.41, 5.74) is 2.90. The fraction of sp³-hybridized carbons (Fsp3) is 0.222. The molecule has 0 spiro atoms. The van der Waals surface area contributed by atoms with Crippen LogP contribution in [0.1, 0.15) is 24.1 Å². The Morgan fingerprint density at radius 2 is 1.96 bits per heavy atom. The van der Waals surface area contributed by atoms with Crippen molar-refractivity contribution in [2.75, 3.05) is 5.75 Å². The third-order valence-electron chi connectivity index (χ3n) is 3.80. The van der Waals surface area contributed by atoms with Gasteiger partial charge in [-0.25, -0.2) is 0 Å². The first-order valence-corrected chi connectivity index (χ1v) is 9.43. The number of amides is 1. The third-order valence-corrected chi connectivity index (χ3v) is 5.06. The van der Waals surface area contributed by atoms with Crippen LogP contribution in [0.25, 0.3) is 5.69 Å². The summed E-state index contributed by atoms with van der Waals surface area (Å²) in [6, 6.07) is 15.2. The van der Waals surface area contributed by atoms with Gasteiger partial charge >= 0.3 is 0 Å². The van der Waals surface area contributed by atoms with Gasteiger partial charge in [0.25, 0.3) is 0 Å². The molecule has 3 aromatic rings. The van der Waals surface area contributed by atoms with E-state index >= 15 is 0 Å². The van der Waals surface area contributed by atoms with Crippen molar-refractivity contribution < 1.29 is 4.79 Å². The fourth-order valence-electron chi connectivity index (χ4n) is 2.43. The van der Waals surface area contributed by atoms with Gasteiger partial charge in [-0.15, -0.1) is 5.10 Å². The normalized spacial score (nSPS) is 12.0. The van der Waals surface area contributed by atoms with Crippen LogP contribution in [0.15, 0.2) is 53.7 Å². The van der Waals surface area contributed by atoms with Crippen molar-refractivity contribution in [2.45, 2.75) is 25.0 Å². The lowest BCUT2D eigenvalue weighted by Gasteiger charge is -2.15. The number of hydrogen-bond donors (Lipinski definition) is 1. The second-order valence-electron chi connectivity index (χ2n) is 5.81. The topological polar surface area (TPSA) is 72.7 Å². The van der Waals surface area contributed by atoms with Crippen molar-refractivity contribution in [3.8, 4) is 5.69 Å². The second-order valence-corrected chi connectivity index (χ2v) is 7.16. The molecule has 2 aromatic carbocycles. The molecule has 1 amide bonds. The minimum absolute atomic E-state index is 0.110. The van der Waals surface area contributed by atoms with Gasteiger partial charge in [-0.1, -0.05) is 59.3 Å². The zero-order valence-corrected chi connectivity index (χ0v) is 16.0. The van der Waals surface area contributed by atoms with E-state index in [0.717, 1.165) is 16.8 Å². The molecule has 0 aliphatic rings. The molecule has 0 aliphatic carbocycles. The van der Waals surface area contributed by atoms with Crippen LogP contribution in [0, 0.1) is 6.92 Å². The van der Waals surface area contributed by atoms with Crippen molar-refractivity contribution >= 4 is 29.3 Å². The molecule has 0 saturated heterocycles. The number of nitrogens with zero attached hydrogens (tertiary/aromatic N) is 4. The Morgan fingerprint density at radius 1 is 1.23 bits per heavy atom. The lowest BCUT2D eigenvalue weighted by molar-refractivity contribution is -0.119. The minimum Gasteiger partial charge on any atom is -0.349 e. The molecule has 3 rings (SSSR count). The first-order chi connectivity index (χ1) is 12.5. The van der Waals surface area contributed by atoms with Crippen LogP contribution in [0.2, 0.25) is 5.02 Å². The molecule has 0 bridgehead atoms. The Morgan fingerprint density at radius 3 is 2.69 bits per heavy atom. The monoisotopic (exact) mass is 387 g/mol. The zero-order valence-electron chi connectivity index (χ0n) is 14.4. The molecule has 6 nitrogen and oxygen atoms in total. The van der Waals surface area contributed by atoms with Crippen LogP contribution in [-0.4, -0.2) is 31.9 Å². The van der Waals surface area contributed by atoms with Crippen molar-refractivity contribution in [3.05, 3.63) is 64.7 Å². The predicted octanol–water partition coefficient (Wildman–Crippen LogP) is 3.59. The molecule has 0 radical (unpaired) electrons. The van der Waals surface area contributed by atoms with Crippen LogP contribution < -0.4 is 5.32 Å². The van der Waals surface area contributed by atoms with Gasteiger partial charge in [0.2, 0.25) is 11.1 Å². The standard InChI is InChI=1S/C18H18ClN5OS/c1-12-7-9-14(10-8-12)24-18(21-22-23-24)26-11-17(25)20-13(2)15-5-3-4-6-16(15)19/h3-10,13H,11H2,1-2H3,(H,20,25)/t13-/m1/s1. The van der Waals surface area contributed by atoms with E-state index in [1.165, 1.54) is 11.8 Å². The molecule has 0 fully saturated rings. The summed E-state index contributed by atoms with van der Waals surface area (Å²) in [5.74, 6) is 0.0991. The first-order valence-electron chi connectivity index (χ1n) is 8.06. The molecule has 0 unspecified atom stereocenters. The Kier molecular flexibility index (Phi) is 5.90. The number of carbonyl (C=O) groups excluding carboxylic acids is 1. The van der Waals surface area contributed by atoms with Crippen LogP contribution in [0.3, 0.4) is 0 Å². The highest BCUT2D eigenvalue weighted by Crippen LogP contribution is 2.23. The number of tetrazole rings is 1. The summed E-state index contributed by atoms with van der Waals surface area (Å²) >= 11 is 7.46. The molecule has 1 aromatic heterocycles. The molecule has 134 valence electrons. The number of nitrogens with one attached hydrogen (secondary N) is 1. The number of halogens is 1. The average molecular weight is 388 g/mol. The molecular weight excluding hydrogens is 370 g/mol. The number of aryl methyl sites for hydroxylation is 1. The molecule has 1 heterocycles. The van der Waals surface area contributed by atoms with Crippen LogP contribution in [-0.2, 0) is 4.79 Å². The maximum atomic E-state index is 12.3. The van der Waals surface area contributed by atoms with Crippen LogP contribution in [0.5, 0.6) is 0 Å². The van der Waals surface area contributed by atoms with Crippen molar-refractivity contribution in [3.63, 3.8) is 0 Å². The van der Waals surface area contributed by atoms with Gasteiger partial charge in [0.1, 0.15) is 0 Å². The van der Waals surface area contributed by atoms with Gasteiger partial charge in [0.05, 0.1) is 17.5 Å². The van der Waals surface area contributed by atoms with E-state index in [9.17, 15) is 4.79 Å². The largest absolute Gasteiger partial charge is 0.349 e. The maximum Gasteiger partial charge on any atom is 0.230 e. The lowest BCUT2D eigenvalue weighted by Crippen LogP contribution is -2.28. The fourth-order valence-corrected chi connectivity index (χ4v) is 3.44. The minimum atomic E-state index is -0.176. The van der Waals surface area contributed by atoms with E-state index in [2.05, 4.69) is 20.8 Å². The van der Waals surface area contributed by atoms with E-state index in [1.54, 1.807) is 4.68 Å². The number of rotatable bonds is 6. The zero-order chi connectivity index (χ0) is 18.5. The smallest absolute Gasteiger partial charge is 0.230 e. The summed E-state index contributed by atoms with van der Waals surface area (Å²) in [6.07, 6.45) is 0. The molecule has 0 saturated carbocycles. The summed E-state index contributed by atoms with van der Waals surface area (Å²) in [4.78, 5) is 12.3. The Bertz CT molecular complexity index is 897. The van der Waals surface area contributed by atoms with E-state index in [-0.39, 0.29) is 17.7 Å². The number of hydrogen-bond acceptors (Lipinski definition) is 5. The van der Waals surface area contributed by atoms with E-state index in [4.69, 9.17) is 11.6 Å². The summed E-state index contributed by atoms with van der Waals surface area (Å²) in [6.45, 7) is 3.92. The predicted molar refractivity (Wildman–Crippen MR) is 103 cm³/mol. The highest BCUT2D eigenvalue weighted by molar-refractivity contribution is 7.99. The third kappa shape index (κ3) is 4.42. The van der Waals surface area contributed by atoms with Crippen LogP contribution >= 0.6 is 23.4 Å². The van der Waals surface area contributed by atoms with Crippen molar-refractivity contribution in [1.82, 2.24) is 25.5 Å². The molecule has 8 heteroatoms. The summed E-state index contributed by atoms with van der Waals surface area (Å²) < 4.78 is 1.62.